The summed E-state index contributed by atoms with van der Waals surface area (Å²) in [5.74, 6) is -0.0991. The van der Waals surface area contributed by atoms with Crippen molar-refractivity contribution in [2.75, 3.05) is 56.2 Å². The zero-order valence-electron chi connectivity index (χ0n) is 15.5. The van der Waals surface area contributed by atoms with Crippen LogP contribution >= 0.6 is 11.6 Å². The van der Waals surface area contributed by atoms with Crippen molar-refractivity contribution < 1.29 is 9.53 Å². The number of anilines is 2. The molecule has 6 nitrogen and oxygen atoms in total. The van der Waals surface area contributed by atoms with E-state index in [0.29, 0.717) is 18.7 Å². The highest BCUT2D eigenvalue weighted by Gasteiger charge is 2.19. The molecule has 0 aliphatic carbocycles. The van der Waals surface area contributed by atoms with Crippen molar-refractivity contribution in [2.45, 2.75) is 6.42 Å². The molecule has 1 aromatic carbocycles. The highest BCUT2D eigenvalue weighted by molar-refractivity contribution is 6.30. The number of nitrogens with one attached hydrogen (secondary N) is 1. The third kappa shape index (κ3) is 5.34. The minimum absolute atomic E-state index is 0.0991. The normalized spacial score (nSPS) is 14.3. The molecule has 0 atom stereocenters. The first-order valence-electron chi connectivity index (χ1n) is 9.15. The van der Waals surface area contributed by atoms with Crippen molar-refractivity contribution in [1.29, 1.82) is 0 Å². The average molecular weight is 389 g/mol. The number of piperazine rings is 1. The van der Waals surface area contributed by atoms with Crippen molar-refractivity contribution in [1.82, 2.24) is 10.3 Å². The van der Waals surface area contributed by atoms with Crippen LogP contribution in [0.1, 0.15) is 16.8 Å². The maximum Gasteiger partial charge on any atom is 0.252 e. The van der Waals surface area contributed by atoms with Crippen molar-refractivity contribution in [3.63, 3.8) is 0 Å². The number of aromatic nitrogens is 1. The quantitative estimate of drug-likeness (QED) is 0.739. The Hall–Kier alpha value is -2.31. The SMILES string of the molecule is COCCCNC(=O)c1cncc(N2CCN(c3cccc(Cl)c3)CC2)c1. The molecule has 2 heterocycles. The highest BCUT2D eigenvalue weighted by atomic mass is 35.5. The Morgan fingerprint density at radius 1 is 1.15 bits per heavy atom. The first kappa shape index (κ1) is 19.5. The lowest BCUT2D eigenvalue weighted by atomic mass is 10.2. The molecule has 1 N–H and O–H groups in total. The van der Waals surface area contributed by atoms with Crippen LogP contribution in [0.5, 0.6) is 0 Å². The van der Waals surface area contributed by atoms with Crippen molar-refractivity contribution >= 4 is 28.9 Å². The summed E-state index contributed by atoms with van der Waals surface area (Å²) >= 11 is 6.10. The van der Waals surface area contributed by atoms with Crippen LogP contribution in [-0.4, -0.2) is 57.3 Å². The van der Waals surface area contributed by atoms with Gasteiger partial charge in [-0.3, -0.25) is 9.78 Å². The molecular weight excluding hydrogens is 364 g/mol. The molecule has 0 unspecified atom stereocenters. The number of hydrogen-bond donors (Lipinski definition) is 1. The predicted octanol–water partition coefficient (Wildman–Crippen LogP) is 2.83. The van der Waals surface area contributed by atoms with E-state index in [1.54, 1.807) is 13.3 Å². The molecule has 0 spiro atoms. The molecule has 0 radical (unpaired) electrons. The number of ether oxygens (including phenoxy) is 1. The Morgan fingerprint density at radius 2 is 1.89 bits per heavy atom. The van der Waals surface area contributed by atoms with Crippen molar-refractivity contribution in [3.8, 4) is 0 Å². The summed E-state index contributed by atoms with van der Waals surface area (Å²) in [4.78, 5) is 21.1. The average Bonchev–Trinajstić information content (AvgIpc) is 2.71. The van der Waals surface area contributed by atoms with E-state index in [0.717, 1.165) is 49.0 Å². The molecule has 7 heteroatoms. The van der Waals surface area contributed by atoms with Gasteiger partial charge in [0.05, 0.1) is 17.4 Å². The van der Waals surface area contributed by atoms with Gasteiger partial charge in [0.25, 0.3) is 5.91 Å². The van der Waals surface area contributed by atoms with Gasteiger partial charge in [-0.25, -0.2) is 0 Å². The number of carbonyl (C=O) groups excluding carboxylic acids is 1. The number of hydrogen-bond acceptors (Lipinski definition) is 5. The second-order valence-corrected chi connectivity index (χ2v) is 6.92. The Balaban J connectivity index is 1.57. The lowest BCUT2D eigenvalue weighted by molar-refractivity contribution is 0.0948. The molecule has 3 rings (SSSR count). The molecule has 1 aromatic heterocycles. The highest BCUT2D eigenvalue weighted by Crippen LogP contribution is 2.23. The van der Waals surface area contributed by atoms with Crippen LogP contribution in [0.4, 0.5) is 11.4 Å². The summed E-state index contributed by atoms with van der Waals surface area (Å²) in [5.41, 5.74) is 2.71. The fourth-order valence-corrected chi connectivity index (χ4v) is 3.33. The van der Waals surface area contributed by atoms with Gasteiger partial charge in [-0.2, -0.15) is 0 Å². The number of benzene rings is 1. The zero-order valence-corrected chi connectivity index (χ0v) is 16.3. The molecule has 1 saturated heterocycles. The van der Waals surface area contributed by atoms with Crippen molar-refractivity contribution in [2.24, 2.45) is 0 Å². The predicted molar refractivity (Wildman–Crippen MR) is 109 cm³/mol. The first-order chi connectivity index (χ1) is 13.2. The maximum atomic E-state index is 12.3. The Morgan fingerprint density at radius 3 is 2.59 bits per heavy atom. The monoisotopic (exact) mass is 388 g/mol. The third-order valence-electron chi connectivity index (χ3n) is 4.61. The van der Waals surface area contributed by atoms with Gasteiger partial charge < -0.3 is 19.9 Å². The molecule has 0 bridgehead atoms. The zero-order chi connectivity index (χ0) is 19.1. The maximum absolute atomic E-state index is 12.3. The van der Waals surface area contributed by atoms with Crippen LogP contribution < -0.4 is 15.1 Å². The molecule has 0 saturated carbocycles. The number of pyridine rings is 1. The van der Waals surface area contributed by atoms with Gasteiger partial charge in [-0.05, 0) is 30.7 Å². The molecule has 1 aliphatic rings. The summed E-state index contributed by atoms with van der Waals surface area (Å²) in [6.07, 6.45) is 4.22. The summed E-state index contributed by atoms with van der Waals surface area (Å²) < 4.78 is 4.99. The molecule has 1 amide bonds. The van der Waals surface area contributed by atoms with Gasteiger partial charge in [0.15, 0.2) is 0 Å². The minimum Gasteiger partial charge on any atom is -0.385 e. The van der Waals surface area contributed by atoms with E-state index >= 15 is 0 Å². The lowest BCUT2D eigenvalue weighted by Crippen LogP contribution is -2.46. The van der Waals surface area contributed by atoms with E-state index in [1.807, 2.05) is 30.5 Å². The fraction of sp³-hybridized carbons (Fsp3) is 0.400. The summed E-state index contributed by atoms with van der Waals surface area (Å²) in [6.45, 7) is 4.76. The van der Waals surface area contributed by atoms with E-state index in [-0.39, 0.29) is 5.91 Å². The summed E-state index contributed by atoms with van der Waals surface area (Å²) in [6, 6.07) is 9.85. The smallest absolute Gasteiger partial charge is 0.252 e. The van der Waals surface area contributed by atoms with Crippen LogP contribution in [0.15, 0.2) is 42.7 Å². The van der Waals surface area contributed by atoms with Crippen molar-refractivity contribution in [3.05, 3.63) is 53.3 Å². The van der Waals surface area contributed by atoms with Crippen LogP contribution in [0, 0.1) is 0 Å². The Bertz CT molecular complexity index is 763. The van der Waals surface area contributed by atoms with E-state index in [9.17, 15) is 4.79 Å². The van der Waals surface area contributed by atoms with Crippen LogP contribution in [-0.2, 0) is 4.74 Å². The molecule has 144 valence electrons. The van der Waals surface area contributed by atoms with Gasteiger partial charge >= 0.3 is 0 Å². The molecule has 1 fully saturated rings. The van der Waals surface area contributed by atoms with Gasteiger partial charge in [-0.1, -0.05) is 17.7 Å². The Labute approximate surface area is 165 Å². The number of amides is 1. The number of nitrogens with zero attached hydrogens (tertiary/aromatic N) is 3. The summed E-state index contributed by atoms with van der Waals surface area (Å²) in [7, 11) is 1.65. The van der Waals surface area contributed by atoms with E-state index in [4.69, 9.17) is 16.3 Å². The van der Waals surface area contributed by atoms with Crippen LogP contribution in [0.2, 0.25) is 5.02 Å². The molecule has 27 heavy (non-hydrogen) atoms. The fourth-order valence-electron chi connectivity index (χ4n) is 3.14. The Kier molecular flexibility index (Phi) is 6.90. The molecular formula is C20H25ClN4O2. The molecule has 1 aliphatic heterocycles. The number of carbonyl (C=O) groups is 1. The summed E-state index contributed by atoms with van der Waals surface area (Å²) in [5, 5.41) is 3.65. The lowest BCUT2D eigenvalue weighted by Gasteiger charge is -2.37. The topological polar surface area (TPSA) is 57.7 Å². The number of methoxy groups -OCH3 is 1. The first-order valence-corrected chi connectivity index (χ1v) is 9.53. The second-order valence-electron chi connectivity index (χ2n) is 6.49. The standard InChI is InChI=1S/C20H25ClN4O2/c1-27-11-3-6-23-20(26)16-12-19(15-22-14-16)25-9-7-24(8-10-25)18-5-2-4-17(21)13-18/h2,4-5,12-15H,3,6-11H2,1H3,(H,23,26). The van der Waals surface area contributed by atoms with E-state index < -0.39 is 0 Å². The second kappa shape index (κ2) is 9.58. The van der Waals surface area contributed by atoms with Gasteiger partial charge in [-0.15, -0.1) is 0 Å². The number of halogens is 1. The van der Waals surface area contributed by atoms with Gasteiger partial charge in [0, 0.05) is 63.3 Å². The van der Waals surface area contributed by atoms with Crippen LogP contribution in [0.3, 0.4) is 0 Å². The van der Waals surface area contributed by atoms with Gasteiger partial charge in [0.1, 0.15) is 0 Å². The van der Waals surface area contributed by atoms with E-state index in [1.165, 1.54) is 0 Å². The minimum atomic E-state index is -0.0991. The third-order valence-corrected chi connectivity index (χ3v) is 4.85. The van der Waals surface area contributed by atoms with Gasteiger partial charge in [0.2, 0.25) is 0 Å². The van der Waals surface area contributed by atoms with Crippen LogP contribution in [0.25, 0.3) is 0 Å². The largest absolute Gasteiger partial charge is 0.385 e. The number of rotatable bonds is 7. The molecule has 2 aromatic rings. The van der Waals surface area contributed by atoms with E-state index in [2.05, 4.69) is 26.2 Å².